The molecule has 0 aromatic heterocycles. The number of urea groups is 1. The van der Waals surface area contributed by atoms with Gasteiger partial charge >= 0.3 is 6.03 Å². The molecule has 2 fully saturated rings. The first kappa shape index (κ1) is 18.0. The fraction of sp³-hybridized carbons (Fsp3) is 0.571. The van der Waals surface area contributed by atoms with Crippen molar-refractivity contribution in [3.8, 4) is 0 Å². The smallest absolute Gasteiger partial charge is 0.321 e. The number of carbonyl (C=O) groups excluding carboxylic acids is 1. The maximum Gasteiger partial charge on any atom is 0.321 e. The van der Waals surface area contributed by atoms with E-state index in [4.69, 9.17) is 4.74 Å². The third-order valence-electron chi connectivity index (χ3n) is 5.54. The molecule has 0 saturated carbocycles. The molecule has 2 atom stereocenters. The second kappa shape index (κ2) is 8.05. The number of nitrogens with one attached hydrogen (secondary N) is 1. The van der Waals surface area contributed by atoms with Crippen molar-refractivity contribution in [3.63, 3.8) is 0 Å². The molecule has 2 amide bonds. The maximum atomic E-state index is 12.9. The summed E-state index contributed by atoms with van der Waals surface area (Å²) in [5.74, 6) is 1.57. The fourth-order valence-electron chi connectivity index (χ4n) is 4.05. The minimum Gasteiger partial charge on any atom is -0.381 e. The number of para-hydroxylation sites is 1. The van der Waals surface area contributed by atoms with Gasteiger partial charge < -0.3 is 15.0 Å². The molecule has 0 radical (unpaired) electrons. The first-order chi connectivity index (χ1) is 12.1. The van der Waals surface area contributed by atoms with Crippen molar-refractivity contribution >= 4 is 11.7 Å². The molecule has 4 nitrogen and oxygen atoms in total. The van der Waals surface area contributed by atoms with E-state index in [9.17, 15) is 4.79 Å². The molecule has 0 bridgehead atoms. The van der Waals surface area contributed by atoms with E-state index >= 15 is 0 Å². The van der Waals surface area contributed by atoms with Crippen LogP contribution in [0.2, 0.25) is 0 Å². The molecule has 136 valence electrons. The zero-order valence-corrected chi connectivity index (χ0v) is 15.5. The molecule has 2 saturated heterocycles. The maximum absolute atomic E-state index is 12.9. The van der Waals surface area contributed by atoms with Crippen LogP contribution in [-0.2, 0) is 11.2 Å². The molecule has 2 aliphatic heterocycles. The lowest BCUT2D eigenvalue weighted by Crippen LogP contribution is -2.34. The number of likely N-dealkylation sites (tertiary alicyclic amines) is 1. The van der Waals surface area contributed by atoms with Gasteiger partial charge in [-0.05, 0) is 48.1 Å². The van der Waals surface area contributed by atoms with Crippen LogP contribution in [0.5, 0.6) is 0 Å². The quantitative estimate of drug-likeness (QED) is 0.804. The van der Waals surface area contributed by atoms with E-state index < -0.39 is 0 Å². The zero-order valence-electron chi connectivity index (χ0n) is 15.5. The Labute approximate surface area is 151 Å². The number of anilines is 1. The highest BCUT2D eigenvalue weighted by atomic mass is 16.5. The molecule has 4 heteroatoms. The van der Waals surface area contributed by atoms with Gasteiger partial charge in [0.2, 0.25) is 0 Å². The minimum atomic E-state index is 0.0276. The Kier molecular flexibility index (Phi) is 5.79. The summed E-state index contributed by atoms with van der Waals surface area (Å²) < 4.78 is 5.52. The predicted octanol–water partition coefficient (Wildman–Crippen LogP) is 4.43. The first-order valence-corrected chi connectivity index (χ1v) is 9.46. The summed E-state index contributed by atoms with van der Waals surface area (Å²) in [5, 5.41) is 3.21. The molecule has 25 heavy (non-hydrogen) atoms. The number of hydrogen-bond donors (Lipinski definition) is 1. The zero-order chi connectivity index (χ0) is 17.8. The van der Waals surface area contributed by atoms with Crippen LogP contribution >= 0.6 is 0 Å². The number of ether oxygens (including phenoxy) is 1. The van der Waals surface area contributed by atoms with Crippen molar-refractivity contribution in [1.29, 1.82) is 0 Å². The SMILES string of the molecule is C=CCc1cccc(C(C)C)c1NC(=O)N1CCC(C2CCOC2)C1. The Hall–Kier alpha value is -1.81. The van der Waals surface area contributed by atoms with Crippen molar-refractivity contribution in [2.24, 2.45) is 11.8 Å². The van der Waals surface area contributed by atoms with E-state index in [1.807, 2.05) is 11.0 Å². The Bertz CT molecular complexity index is 620. The summed E-state index contributed by atoms with van der Waals surface area (Å²) in [6.45, 7) is 11.6. The van der Waals surface area contributed by atoms with Crippen LogP contribution in [0.1, 0.15) is 43.7 Å². The molecule has 0 spiro atoms. The average molecular weight is 342 g/mol. The van der Waals surface area contributed by atoms with Gasteiger partial charge in [0, 0.05) is 32.0 Å². The van der Waals surface area contributed by atoms with E-state index in [1.165, 1.54) is 5.56 Å². The minimum absolute atomic E-state index is 0.0276. The van der Waals surface area contributed by atoms with Gasteiger partial charge in [-0.2, -0.15) is 0 Å². The van der Waals surface area contributed by atoms with E-state index in [2.05, 4.69) is 43.9 Å². The van der Waals surface area contributed by atoms with Crippen molar-refractivity contribution in [1.82, 2.24) is 4.90 Å². The molecule has 2 unspecified atom stereocenters. The van der Waals surface area contributed by atoms with Crippen LogP contribution < -0.4 is 5.32 Å². The third-order valence-corrected chi connectivity index (χ3v) is 5.54. The summed E-state index contributed by atoms with van der Waals surface area (Å²) in [6.07, 6.45) is 4.88. The molecule has 1 aromatic carbocycles. The van der Waals surface area contributed by atoms with Crippen LogP contribution in [0, 0.1) is 11.8 Å². The van der Waals surface area contributed by atoms with Gasteiger partial charge in [-0.3, -0.25) is 0 Å². The molecule has 2 heterocycles. The fourth-order valence-corrected chi connectivity index (χ4v) is 4.05. The Morgan fingerprint density at radius 1 is 1.40 bits per heavy atom. The number of hydrogen-bond acceptors (Lipinski definition) is 2. The lowest BCUT2D eigenvalue weighted by atomic mass is 9.91. The van der Waals surface area contributed by atoms with Crippen molar-refractivity contribution in [2.45, 2.75) is 39.0 Å². The summed E-state index contributed by atoms with van der Waals surface area (Å²) in [7, 11) is 0. The Morgan fingerprint density at radius 2 is 2.24 bits per heavy atom. The van der Waals surface area contributed by atoms with Crippen LogP contribution in [0.3, 0.4) is 0 Å². The van der Waals surface area contributed by atoms with Crippen LogP contribution in [0.25, 0.3) is 0 Å². The first-order valence-electron chi connectivity index (χ1n) is 9.46. The standard InChI is InChI=1S/C21H30N2O2/c1-4-6-16-7-5-8-19(15(2)3)20(16)22-21(24)23-11-9-17(13-23)18-10-12-25-14-18/h4-5,7-8,15,17-18H,1,6,9-14H2,2-3H3,(H,22,24). The van der Waals surface area contributed by atoms with Crippen LogP contribution in [0.15, 0.2) is 30.9 Å². The number of carbonyl (C=O) groups is 1. The Morgan fingerprint density at radius 3 is 2.92 bits per heavy atom. The highest BCUT2D eigenvalue weighted by Gasteiger charge is 2.34. The van der Waals surface area contributed by atoms with Crippen LogP contribution in [-0.4, -0.2) is 37.2 Å². The highest BCUT2D eigenvalue weighted by molar-refractivity contribution is 5.91. The van der Waals surface area contributed by atoms with Gasteiger partial charge in [0.05, 0.1) is 0 Å². The third kappa shape index (κ3) is 4.06. The van der Waals surface area contributed by atoms with Gasteiger partial charge in [-0.1, -0.05) is 38.1 Å². The molecule has 1 aromatic rings. The number of nitrogens with zero attached hydrogens (tertiary/aromatic N) is 1. The summed E-state index contributed by atoms with van der Waals surface area (Å²) in [4.78, 5) is 14.8. The van der Waals surface area contributed by atoms with Crippen LogP contribution in [0.4, 0.5) is 10.5 Å². The van der Waals surface area contributed by atoms with Gasteiger partial charge in [-0.25, -0.2) is 4.79 Å². The number of allylic oxidation sites excluding steroid dienone is 1. The summed E-state index contributed by atoms with van der Waals surface area (Å²) >= 11 is 0. The van der Waals surface area contributed by atoms with E-state index in [0.717, 1.165) is 56.8 Å². The Balaban J connectivity index is 1.71. The number of benzene rings is 1. The molecule has 2 aliphatic rings. The number of rotatable bonds is 5. The van der Waals surface area contributed by atoms with E-state index in [-0.39, 0.29) is 6.03 Å². The summed E-state index contributed by atoms with van der Waals surface area (Å²) in [5.41, 5.74) is 3.29. The monoisotopic (exact) mass is 342 g/mol. The highest BCUT2D eigenvalue weighted by Crippen LogP contribution is 2.32. The van der Waals surface area contributed by atoms with E-state index in [0.29, 0.717) is 17.8 Å². The van der Waals surface area contributed by atoms with Gasteiger partial charge in [-0.15, -0.1) is 6.58 Å². The predicted molar refractivity (Wildman–Crippen MR) is 102 cm³/mol. The normalized spacial score (nSPS) is 23.2. The van der Waals surface area contributed by atoms with Gasteiger partial charge in [0.1, 0.15) is 0 Å². The molecule has 1 N–H and O–H groups in total. The lowest BCUT2D eigenvalue weighted by molar-refractivity contribution is 0.171. The largest absolute Gasteiger partial charge is 0.381 e. The lowest BCUT2D eigenvalue weighted by Gasteiger charge is -2.23. The topological polar surface area (TPSA) is 41.6 Å². The van der Waals surface area contributed by atoms with Gasteiger partial charge in [0.15, 0.2) is 0 Å². The van der Waals surface area contributed by atoms with Crippen molar-refractivity contribution in [2.75, 3.05) is 31.6 Å². The molecular weight excluding hydrogens is 312 g/mol. The van der Waals surface area contributed by atoms with Crippen molar-refractivity contribution in [3.05, 3.63) is 42.0 Å². The van der Waals surface area contributed by atoms with E-state index in [1.54, 1.807) is 0 Å². The number of amides is 2. The average Bonchev–Trinajstić information content (AvgIpc) is 3.27. The van der Waals surface area contributed by atoms with Gasteiger partial charge in [0.25, 0.3) is 0 Å². The van der Waals surface area contributed by atoms with Crippen molar-refractivity contribution < 1.29 is 9.53 Å². The second-order valence-electron chi connectivity index (χ2n) is 7.58. The second-order valence-corrected chi connectivity index (χ2v) is 7.58. The molecular formula is C21H30N2O2. The summed E-state index contributed by atoms with van der Waals surface area (Å²) in [6, 6.07) is 6.27. The molecule has 0 aliphatic carbocycles. The molecule has 3 rings (SSSR count).